The minimum atomic E-state index is -1.22. The molecule has 1 aromatic heterocycles. The molecule has 0 saturated carbocycles. The monoisotopic (exact) mass is 531 g/mol. The molecular formula is C27H25N5O7. The van der Waals surface area contributed by atoms with Gasteiger partial charge in [-0.05, 0) is 55.3 Å². The van der Waals surface area contributed by atoms with Gasteiger partial charge in [-0.15, -0.1) is 0 Å². The van der Waals surface area contributed by atoms with Crippen molar-refractivity contribution in [3.63, 3.8) is 0 Å². The highest BCUT2D eigenvalue weighted by Crippen LogP contribution is 2.29. The van der Waals surface area contributed by atoms with E-state index in [4.69, 9.17) is 9.47 Å². The first-order chi connectivity index (χ1) is 18.8. The number of amides is 1. The zero-order chi connectivity index (χ0) is 27.5. The molecule has 1 amide bonds. The lowest BCUT2D eigenvalue weighted by atomic mass is 10.0. The number of fused-ring (bicyclic) bond motifs is 1. The van der Waals surface area contributed by atoms with Gasteiger partial charge in [0.25, 0.3) is 10.9 Å². The number of carbonyl (C=O) groups excluding carboxylic acids is 1. The van der Waals surface area contributed by atoms with Gasteiger partial charge in [-0.25, -0.2) is 14.8 Å². The van der Waals surface area contributed by atoms with Gasteiger partial charge >= 0.3 is 5.97 Å². The normalized spacial score (nSPS) is 15.7. The number of carboxylic acids is 1. The third-order valence-electron chi connectivity index (χ3n) is 6.54. The second-order valence-corrected chi connectivity index (χ2v) is 9.09. The van der Waals surface area contributed by atoms with Crippen molar-refractivity contribution in [3.05, 3.63) is 74.8 Å². The number of benzene rings is 2. The Morgan fingerprint density at radius 1 is 1.08 bits per heavy atom. The largest absolute Gasteiger partial charge is 0.497 e. The van der Waals surface area contributed by atoms with Crippen LogP contribution in [0.15, 0.2) is 58.4 Å². The van der Waals surface area contributed by atoms with Gasteiger partial charge in [0.2, 0.25) is 11.8 Å². The van der Waals surface area contributed by atoms with E-state index in [1.807, 2.05) is 0 Å². The third-order valence-corrected chi connectivity index (χ3v) is 6.54. The number of hydrogen-bond acceptors (Lipinski definition) is 10. The van der Waals surface area contributed by atoms with Crippen molar-refractivity contribution in [3.8, 4) is 17.4 Å². The molecule has 39 heavy (non-hydrogen) atoms. The minimum absolute atomic E-state index is 0.000370. The van der Waals surface area contributed by atoms with Gasteiger partial charge in [0.1, 0.15) is 35.2 Å². The summed E-state index contributed by atoms with van der Waals surface area (Å²) in [7, 11) is 1.56. The van der Waals surface area contributed by atoms with Gasteiger partial charge in [-0.2, -0.15) is 0 Å². The van der Waals surface area contributed by atoms with E-state index in [0.717, 1.165) is 6.42 Å². The highest BCUT2D eigenvalue weighted by molar-refractivity contribution is 5.99. The van der Waals surface area contributed by atoms with Crippen LogP contribution in [0, 0.1) is 0 Å². The average Bonchev–Trinajstić information content (AvgIpc) is 3.50. The van der Waals surface area contributed by atoms with Gasteiger partial charge in [0.15, 0.2) is 0 Å². The lowest BCUT2D eigenvalue weighted by molar-refractivity contribution is -0.137. The Balaban J connectivity index is 1.28. The van der Waals surface area contributed by atoms with Crippen molar-refractivity contribution >= 4 is 34.2 Å². The third kappa shape index (κ3) is 5.41. The van der Waals surface area contributed by atoms with E-state index in [1.165, 1.54) is 6.33 Å². The summed E-state index contributed by atoms with van der Waals surface area (Å²) in [5.74, 6) is -0.224. The molecule has 0 radical (unpaired) electrons. The number of aromatic nitrogens is 2. The van der Waals surface area contributed by atoms with E-state index >= 15 is 0 Å². The summed E-state index contributed by atoms with van der Waals surface area (Å²) in [4.78, 5) is 57.0. The van der Waals surface area contributed by atoms with Crippen molar-refractivity contribution in [2.24, 2.45) is 0 Å². The average molecular weight is 532 g/mol. The summed E-state index contributed by atoms with van der Waals surface area (Å²) in [5.41, 5.74) is -0.818. The van der Waals surface area contributed by atoms with Crippen LogP contribution in [-0.2, 0) is 16.0 Å². The SMILES string of the molecule is COc1ccc2ncnc(Oc3ccc(CC(Nc4c(NC(=O)[C@H]5CCCN5)c(=O)c4=O)C(=O)O)cc3)c2c1. The summed E-state index contributed by atoms with van der Waals surface area (Å²) < 4.78 is 11.2. The quantitative estimate of drug-likeness (QED) is 0.220. The number of rotatable bonds is 10. The standard InChI is InChI=1S/C27H25N5O7/c1-38-16-8-9-18-17(12-16)26(30-13-29-18)39-15-6-4-14(5-7-15)11-20(27(36)37)31-21-22(24(34)23(21)33)32-25(35)19-3-2-10-28-19/h4-9,12-13,19-20,28,31H,2-3,10-11H2,1H3,(H,32,35)(H,36,37)/t19-,20?/m1/s1. The molecule has 1 aliphatic heterocycles. The first-order valence-corrected chi connectivity index (χ1v) is 12.3. The minimum Gasteiger partial charge on any atom is -0.497 e. The predicted octanol–water partition coefficient (Wildman–Crippen LogP) is 1.82. The van der Waals surface area contributed by atoms with E-state index in [9.17, 15) is 24.3 Å². The molecule has 1 saturated heterocycles. The number of carbonyl (C=O) groups is 2. The Morgan fingerprint density at radius 3 is 2.51 bits per heavy atom. The fraction of sp³-hybridized carbons (Fsp3) is 0.259. The Kier molecular flexibility index (Phi) is 7.19. The summed E-state index contributed by atoms with van der Waals surface area (Å²) in [5, 5.41) is 18.5. The Hall–Kier alpha value is -4.84. The first-order valence-electron chi connectivity index (χ1n) is 12.3. The fourth-order valence-electron chi connectivity index (χ4n) is 4.40. The smallest absolute Gasteiger partial charge is 0.326 e. The van der Waals surface area contributed by atoms with Gasteiger partial charge in [0.05, 0.1) is 24.1 Å². The summed E-state index contributed by atoms with van der Waals surface area (Å²) in [6.45, 7) is 0.685. The molecule has 12 heteroatoms. The lowest BCUT2D eigenvalue weighted by Gasteiger charge is -2.20. The topological polar surface area (TPSA) is 169 Å². The number of carboxylic acid groups (broad SMARTS) is 1. The Morgan fingerprint density at radius 2 is 1.82 bits per heavy atom. The molecule has 1 aliphatic rings. The molecule has 0 aliphatic carbocycles. The zero-order valence-corrected chi connectivity index (χ0v) is 20.9. The van der Waals surface area contributed by atoms with E-state index in [0.29, 0.717) is 46.8 Å². The fourth-order valence-corrected chi connectivity index (χ4v) is 4.40. The molecule has 3 aromatic carbocycles. The molecule has 0 bridgehead atoms. The van der Waals surface area contributed by atoms with Crippen molar-refractivity contribution in [2.45, 2.75) is 31.3 Å². The van der Waals surface area contributed by atoms with Crippen LogP contribution in [0.2, 0.25) is 0 Å². The molecule has 12 nitrogen and oxygen atoms in total. The van der Waals surface area contributed by atoms with Crippen LogP contribution in [-0.4, -0.2) is 52.7 Å². The number of anilines is 2. The lowest BCUT2D eigenvalue weighted by Crippen LogP contribution is -2.45. The summed E-state index contributed by atoms with van der Waals surface area (Å²) >= 11 is 0. The number of nitrogens with one attached hydrogen (secondary N) is 3. The zero-order valence-electron chi connectivity index (χ0n) is 20.9. The van der Waals surface area contributed by atoms with Crippen molar-refractivity contribution < 1.29 is 24.2 Å². The van der Waals surface area contributed by atoms with E-state index in [1.54, 1.807) is 49.6 Å². The van der Waals surface area contributed by atoms with Crippen LogP contribution >= 0.6 is 0 Å². The maximum atomic E-state index is 12.4. The van der Waals surface area contributed by atoms with Crippen LogP contribution in [0.5, 0.6) is 17.4 Å². The summed E-state index contributed by atoms with van der Waals surface area (Å²) in [6, 6.07) is 10.4. The van der Waals surface area contributed by atoms with Crippen LogP contribution in [0.25, 0.3) is 10.9 Å². The van der Waals surface area contributed by atoms with Crippen LogP contribution < -0.4 is 36.3 Å². The van der Waals surface area contributed by atoms with Gasteiger partial charge in [-0.3, -0.25) is 14.4 Å². The number of hydrogen-bond donors (Lipinski definition) is 4. The number of methoxy groups -OCH3 is 1. The molecule has 4 aromatic rings. The highest BCUT2D eigenvalue weighted by Gasteiger charge is 2.30. The molecule has 1 unspecified atom stereocenters. The Bertz CT molecular complexity index is 1610. The van der Waals surface area contributed by atoms with Crippen LogP contribution in [0.4, 0.5) is 11.4 Å². The van der Waals surface area contributed by atoms with Crippen molar-refractivity contribution in [2.75, 3.05) is 24.3 Å². The van der Waals surface area contributed by atoms with Crippen LogP contribution in [0.3, 0.4) is 0 Å². The van der Waals surface area contributed by atoms with E-state index in [2.05, 4.69) is 25.9 Å². The second-order valence-electron chi connectivity index (χ2n) is 9.09. The number of aliphatic carboxylic acids is 1. The molecule has 2 heterocycles. The number of nitrogens with zero attached hydrogens (tertiary/aromatic N) is 2. The maximum Gasteiger partial charge on any atom is 0.326 e. The molecule has 4 N–H and O–H groups in total. The Labute approximate surface area is 221 Å². The van der Waals surface area contributed by atoms with Gasteiger partial charge in [0, 0.05) is 6.42 Å². The predicted molar refractivity (Wildman–Crippen MR) is 142 cm³/mol. The summed E-state index contributed by atoms with van der Waals surface area (Å²) in [6.07, 6.45) is 2.83. The molecule has 5 rings (SSSR count). The molecule has 200 valence electrons. The highest BCUT2D eigenvalue weighted by atomic mass is 16.5. The van der Waals surface area contributed by atoms with E-state index in [-0.39, 0.29) is 17.8 Å². The molecule has 0 spiro atoms. The molecule has 1 fully saturated rings. The van der Waals surface area contributed by atoms with Gasteiger partial charge in [-0.1, -0.05) is 12.1 Å². The molecular weight excluding hydrogens is 506 g/mol. The van der Waals surface area contributed by atoms with Crippen LogP contribution in [0.1, 0.15) is 18.4 Å². The van der Waals surface area contributed by atoms with Crippen molar-refractivity contribution in [1.29, 1.82) is 0 Å². The number of ether oxygens (including phenoxy) is 2. The van der Waals surface area contributed by atoms with E-state index < -0.39 is 34.8 Å². The maximum absolute atomic E-state index is 12.4. The second kappa shape index (κ2) is 10.9. The molecule has 2 atom stereocenters. The van der Waals surface area contributed by atoms with Crippen molar-refractivity contribution in [1.82, 2.24) is 15.3 Å². The van der Waals surface area contributed by atoms with Gasteiger partial charge < -0.3 is 30.5 Å². The first kappa shape index (κ1) is 25.8.